The Labute approximate surface area is 129 Å². The number of nitrogens with zero attached hydrogens (tertiary/aromatic N) is 2. The van der Waals surface area contributed by atoms with Crippen molar-refractivity contribution in [3.05, 3.63) is 69.2 Å². The SMILES string of the molecule is CCc1nc2cccc(Cl)c2c(=O)n1-c1cc(F)cc(F)c1. The average Bonchev–Trinajstić information content (AvgIpc) is 2.45. The molecule has 3 nitrogen and oxygen atoms in total. The van der Waals surface area contributed by atoms with E-state index in [0.29, 0.717) is 17.8 Å². The first-order valence-corrected chi connectivity index (χ1v) is 7.05. The summed E-state index contributed by atoms with van der Waals surface area (Å²) in [5.74, 6) is -1.11. The Morgan fingerprint density at radius 1 is 1.18 bits per heavy atom. The lowest BCUT2D eigenvalue weighted by molar-refractivity contribution is 0.580. The van der Waals surface area contributed by atoms with Gasteiger partial charge in [0.05, 0.1) is 21.6 Å². The third-order valence-corrected chi connectivity index (χ3v) is 3.65. The Morgan fingerprint density at radius 3 is 2.50 bits per heavy atom. The number of fused-ring (bicyclic) bond motifs is 1. The normalized spacial score (nSPS) is 11.1. The van der Waals surface area contributed by atoms with Crippen LogP contribution in [0.4, 0.5) is 8.78 Å². The van der Waals surface area contributed by atoms with E-state index in [-0.39, 0.29) is 16.1 Å². The van der Waals surface area contributed by atoms with E-state index in [2.05, 4.69) is 4.98 Å². The van der Waals surface area contributed by atoms with Gasteiger partial charge in [0, 0.05) is 12.5 Å². The fraction of sp³-hybridized carbons (Fsp3) is 0.125. The molecule has 3 aromatic rings. The highest BCUT2D eigenvalue weighted by Crippen LogP contribution is 2.21. The standard InChI is InChI=1S/C16H11ClF2N2O/c1-2-14-20-13-5-3-4-12(17)15(13)16(22)21(14)11-7-9(18)6-10(19)8-11/h3-8H,2H2,1H3. The molecular formula is C16H11ClF2N2O. The van der Waals surface area contributed by atoms with E-state index in [1.54, 1.807) is 18.2 Å². The Kier molecular flexibility index (Phi) is 3.66. The zero-order valence-corrected chi connectivity index (χ0v) is 12.4. The van der Waals surface area contributed by atoms with E-state index < -0.39 is 17.2 Å². The maximum absolute atomic E-state index is 13.5. The van der Waals surface area contributed by atoms with Crippen LogP contribution >= 0.6 is 11.6 Å². The highest BCUT2D eigenvalue weighted by Gasteiger charge is 2.15. The molecule has 0 N–H and O–H groups in total. The van der Waals surface area contributed by atoms with Gasteiger partial charge < -0.3 is 0 Å². The largest absolute Gasteiger partial charge is 0.268 e. The summed E-state index contributed by atoms with van der Waals surface area (Å²) in [6, 6.07) is 7.89. The molecule has 112 valence electrons. The molecule has 3 rings (SSSR count). The van der Waals surface area contributed by atoms with E-state index in [4.69, 9.17) is 11.6 Å². The molecular weight excluding hydrogens is 310 g/mol. The monoisotopic (exact) mass is 320 g/mol. The molecule has 0 aliphatic carbocycles. The lowest BCUT2D eigenvalue weighted by Crippen LogP contribution is -2.24. The Morgan fingerprint density at radius 2 is 1.86 bits per heavy atom. The molecule has 0 unspecified atom stereocenters. The first kappa shape index (κ1) is 14.7. The topological polar surface area (TPSA) is 34.9 Å². The van der Waals surface area contributed by atoms with Gasteiger partial charge in [-0.2, -0.15) is 0 Å². The molecule has 0 atom stereocenters. The van der Waals surface area contributed by atoms with Gasteiger partial charge in [0.2, 0.25) is 0 Å². The van der Waals surface area contributed by atoms with Gasteiger partial charge >= 0.3 is 0 Å². The Hall–Kier alpha value is -2.27. The van der Waals surface area contributed by atoms with Gasteiger partial charge in [0.15, 0.2) is 0 Å². The molecule has 0 aliphatic rings. The van der Waals surface area contributed by atoms with E-state index in [1.807, 2.05) is 6.92 Å². The van der Waals surface area contributed by atoms with Crippen molar-refractivity contribution in [2.24, 2.45) is 0 Å². The van der Waals surface area contributed by atoms with Crippen LogP contribution in [0.25, 0.3) is 16.6 Å². The zero-order valence-electron chi connectivity index (χ0n) is 11.6. The van der Waals surface area contributed by atoms with Crippen LogP contribution in [0.1, 0.15) is 12.7 Å². The zero-order chi connectivity index (χ0) is 15.9. The molecule has 0 fully saturated rings. The van der Waals surface area contributed by atoms with Crippen molar-refractivity contribution in [1.29, 1.82) is 0 Å². The fourth-order valence-electron chi connectivity index (χ4n) is 2.41. The van der Waals surface area contributed by atoms with Crippen LogP contribution in [0, 0.1) is 11.6 Å². The van der Waals surface area contributed by atoms with Crippen molar-refractivity contribution in [2.75, 3.05) is 0 Å². The van der Waals surface area contributed by atoms with E-state index in [1.165, 1.54) is 4.57 Å². The van der Waals surface area contributed by atoms with Gasteiger partial charge in [-0.05, 0) is 24.3 Å². The second-order valence-electron chi connectivity index (χ2n) is 4.78. The van der Waals surface area contributed by atoms with Gasteiger partial charge in [-0.1, -0.05) is 24.6 Å². The van der Waals surface area contributed by atoms with Crippen molar-refractivity contribution in [1.82, 2.24) is 9.55 Å². The van der Waals surface area contributed by atoms with Crippen molar-refractivity contribution < 1.29 is 8.78 Å². The van der Waals surface area contributed by atoms with E-state index in [0.717, 1.165) is 18.2 Å². The molecule has 0 amide bonds. The third kappa shape index (κ3) is 2.37. The third-order valence-electron chi connectivity index (χ3n) is 3.34. The second-order valence-corrected chi connectivity index (χ2v) is 5.19. The maximum Gasteiger partial charge on any atom is 0.267 e. The van der Waals surface area contributed by atoms with E-state index >= 15 is 0 Å². The van der Waals surface area contributed by atoms with E-state index in [9.17, 15) is 13.6 Å². The number of aryl methyl sites for hydroxylation is 1. The molecule has 0 spiro atoms. The number of aromatic nitrogens is 2. The van der Waals surface area contributed by atoms with Crippen molar-refractivity contribution >= 4 is 22.5 Å². The fourth-order valence-corrected chi connectivity index (χ4v) is 2.66. The van der Waals surface area contributed by atoms with Gasteiger partial charge in [0.25, 0.3) is 5.56 Å². The van der Waals surface area contributed by atoms with Crippen LogP contribution in [-0.4, -0.2) is 9.55 Å². The van der Waals surface area contributed by atoms with Crippen LogP contribution in [0.5, 0.6) is 0 Å². The first-order chi connectivity index (χ1) is 10.5. The van der Waals surface area contributed by atoms with Crippen molar-refractivity contribution in [3.8, 4) is 5.69 Å². The smallest absolute Gasteiger partial charge is 0.267 e. The number of hydrogen-bond donors (Lipinski definition) is 0. The molecule has 1 heterocycles. The van der Waals surface area contributed by atoms with Gasteiger partial charge in [-0.25, -0.2) is 13.8 Å². The van der Waals surface area contributed by atoms with Crippen LogP contribution < -0.4 is 5.56 Å². The molecule has 0 saturated carbocycles. The average molecular weight is 321 g/mol. The molecule has 0 saturated heterocycles. The minimum Gasteiger partial charge on any atom is -0.268 e. The highest BCUT2D eigenvalue weighted by molar-refractivity contribution is 6.35. The summed E-state index contributed by atoms with van der Waals surface area (Å²) < 4.78 is 28.1. The lowest BCUT2D eigenvalue weighted by Gasteiger charge is -2.13. The molecule has 0 aliphatic heterocycles. The van der Waals surface area contributed by atoms with Gasteiger partial charge in [-0.3, -0.25) is 9.36 Å². The summed E-state index contributed by atoms with van der Waals surface area (Å²) in [4.78, 5) is 17.1. The van der Waals surface area contributed by atoms with Crippen LogP contribution in [0.2, 0.25) is 5.02 Å². The quantitative estimate of drug-likeness (QED) is 0.718. The molecule has 2 aromatic carbocycles. The van der Waals surface area contributed by atoms with Crippen molar-refractivity contribution in [3.63, 3.8) is 0 Å². The number of hydrogen-bond acceptors (Lipinski definition) is 2. The number of halogens is 3. The summed E-state index contributed by atoms with van der Waals surface area (Å²) >= 11 is 6.08. The predicted octanol–water partition coefficient (Wildman–Crippen LogP) is 3.88. The summed E-state index contributed by atoms with van der Waals surface area (Å²) in [6.45, 7) is 1.81. The first-order valence-electron chi connectivity index (χ1n) is 6.68. The van der Waals surface area contributed by atoms with Gasteiger partial charge in [-0.15, -0.1) is 0 Å². The summed E-state index contributed by atoms with van der Waals surface area (Å²) in [5.41, 5.74) is 0.105. The number of rotatable bonds is 2. The Bertz CT molecular complexity index is 917. The lowest BCUT2D eigenvalue weighted by atomic mass is 10.2. The minimum atomic E-state index is -0.761. The van der Waals surface area contributed by atoms with Crippen molar-refractivity contribution in [2.45, 2.75) is 13.3 Å². The van der Waals surface area contributed by atoms with Crippen LogP contribution in [0.15, 0.2) is 41.2 Å². The van der Waals surface area contributed by atoms with Crippen LogP contribution in [0.3, 0.4) is 0 Å². The summed E-state index contributed by atoms with van der Waals surface area (Å²) in [5, 5.41) is 0.481. The summed E-state index contributed by atoms with van der Waals surface area (Å²) in [7, 11) is 0. The summed E-state index contributed by atoms with van der Waals surface area (Å²) in [6.07, 6.45) is 0.426. The second kappa shape index (κ2) is 5.50. The molecule has 22 heavy (non-hydrogen) atoms. The number of benzene rings is 2. The molecule has 1 aromatic heterocycles. The molecule has 0 radical (unpaired) electrons. The molecule has 0 bridgehead atoms. The Balaban J connectivity index is 2.44. The predicted molar refractivity (Wildman–Crippen MR) is 81.6 cm³/mol. The van der Waals surface area contributed by atoms with Crippen LogP contribution in [-0.2, 0) is 6.42 Å². The minimum absolute atomic E-state index is 0.0914. The van der Waals surface area contributed by atoms with Gasteiger partial charge in [0.1, 0.15) is 17.5 Å². The molecule has 6 heteroatoms. The maximum atomic E-state index is 13.5. The highest BCUT2D eigenvalue weighted by atomic mass is 35.5.